The highest BCUT2D eigenvalue weighted by atomic mass is 19.3. The lowest BCUT2D eigenvalue weighted by molar-refractivity contribution is -0.0892. The first kappa shape index (κ1) is 73.7. The Bertz CT molecular complexity index is 5590. The minimum absolute atomic E-state index is 0.0254. The van der Waals surface area contributed by atoms with Crippen molar-refractivity contribution in [2.24, 2.45) is 21.1 Å². The molecule has 0 bridgehead atoms. The molecule has 3 aliphatic carbocycles. The molecule has 576 valence electrons. The molecule has 0 spiro atoms. The molecule has 3 saturated carbocycles. The summed E-state index contributed by atoms with van der Waals surface area (Å²) in [4.78, 5) is 72.1. The van der Waals surface area contributed by atoms with Crippen molar-refractivity contribution in [3.63, 3.8) is 0 Å². The number of benzene rings is 3. The third-order valence-electron chi connectivity index (χ3n) is 22.9. The molecular weight excluding hydrogens is 1430 g/mol. The first-order valence-corrected chi connectivity index (χ1v) is 37.8. The van der Waals surface area contributed by atoms with E-state index in [1.54, 1.807) is 49.9 Å². The second kappa shape index (κ2) is 29.1. The highest BCUT2D eigenvalue weighted by Gasteiger charge is 2.49. The van der Waals surface area contributed by atoms with Gasteiger partial charge in [0.15, 0.2) is 0 Å². The molecule has 3 N–H and O–H groups in total. The summed E-state index contributed by atoms with van der Waals surface area (Å²) in [7, 11) is 10.5. The summed E-state index contributed by atoms with van der Waals surface area (Å²) < 4.78 is 95.0. The molecule has 30 heteroatoms. The Morgan fingerprint density at radius 3 is 1.25 bits per heavy atom. The van der Waals surface area contributed by atoms with Gasteiger partial charge in [-0.2, -0.15) is 15.3 Å². The van der Waals surface area contributed by atoms with Crippen LogP contribution in [0.4, 0.5) is 40.7 Å². The van der Waals surface area contributed by atoms with Gasteiger partial charge in [0.05, 0.1) is 76.6 Å². The number of fused-ring (bicyclic) bond motifs is 6. The number of pyridine rings is 3. The fraction of sp³-hybridized carbons (Fsp3) is 0.407. The van der Waals surface area contributed by atoms with Gasteiger partial charge in [0, 0.05) is 213 Å². The minimum Gasteiger partial charge on any atom is -0.341 e. The highest BCUT2D eigenvalue weighted by Crippen LogP contribution is 2.51. The van der Waals surface area contributed by atoms with Gasteiger partial charge >= 0.3 is 18.1 Å². The van der Waals surface area contributed by atoms with E-state index < -0.39 is 17.8 Å². The third-order valence-corrected chi connectivity index (χ3v) is 22.9. The summed E-state index contributed by atoms with van der Waals surface area (Å²) in [5.41, 5.74) is 14.8. The van der Waals surface area contributed by atoms with E-state index in [-0.39, 0.29) is 74.4 Å². The normalized spacial score (nSPS) is 17.5. The van der Waals surface area contributed by atoms with E-state index in [1.165, 1.54) is 0 Å². The molecule has 111 heavy (non-hydrogen) atoms. The van der Waals surface area contributed by atoms with Crippen LogP contribution >= 0.6 is 0 Å². The SMILES string of the molecule is CNC(=O)N1CCn2c(C3CC(F)(F)C3)nc(-c3cccc4cc(-c5ccn(C)n5)ncc34)c2C1.CNC(=O)N1CCn2c(C3CCC(F)(F)CC3)nc(-c3c(C)ccc4cc(-c5cn(C)nc5C)ncc34)c2C1.CNC(=O)N1CCn2c(C3CCC(F)(F)CC3)nc(-c3cccc4cc(-c5ccn(C)n5)ncc34)c2C1. The molecular formula is C81H87F6N21O3. The summed E-state index contributed by atoms with van der Waals surface area (Å²) >= 11 is 0. The van der Waals surface area contributed by atoms with Gasteiger partial charge in [0.1, 0.15) is 28.9 Å². The average Bonchev–Trinajstić information content (AvgIpc) is 1.62. The molecule has 6 aliphatic rings. The maximum absolute atomic E-state index is 14.0. The number of hydrogen-bond donors (Lipinski definition) is 3. The van der Waals surface area contributed by atoms with Gasteiger partial charge in [-0.05, 0) is 91.6 Å². The maximum Gasteiger partial charge on any atom is 0.317 e. The second-order valence-corrected chi connectivity index (χ2v) is 30.2. The van der Waals surface area contributed by atoms with Gasteiger partial charge in [0.25, 0.3) is 0 Å². The van der Waals surface area contributed by atoms with Crippen molar-refractivity contribution in [1.29, 1.82) is 0 Å². The molecule has 0 atom stereocenters. The van der Waals surface area contributed by atoms with Gasteiger partial charge in [-0.1, -0.05) is 48.5 Å². The van der Waals surface area contributed by atoms with Gasteiger partial charge in [-0.25, -0.2) is 55.7 Å². The molecule has 0 unspecified atom stereocenters. The predicted molar refractivity (Wildman–Crippen MR) is 409 cm³/mol. The number of alkyl halides is 6. The zero-order valence-electron chi connectivity index (χ0n) is 63.2. The molecule has 0 radical (unpaired) electrons. The lowest BCUT2D eigenvalue weighted by atomic mass is 9.80. The Morgan fingerprint density at radius 1 is 0.432 bits per heavy atom. The van der Waals surface area contributed by atoms with E-state index >= 15 is 0 Å². The van der Waals surface area contributed by atoms with Crippen LogP contribution in [0.5, 0.6) is 0 Å². The van der Waals surface area contributed by atoms with Crippen molar-refractivity contribution in [2.75, 3.05) is 40.8 Å². The topological polar surface area (TPSA) is 243 Å². The third kappa shape index (κ3) is 14.3. The van der Waals surface area contributed by atoms with Gasteiger partial charge in [-0.3, -0.25) is 29.0 Å². The Labute approximate surface area is 636 Å². The molecule has 24 nitrogen and oxygen atoms in total. The Morgan fingerprint density at radius 2 is 0.838 bits per heavy atom. The molecule has 6 amide bonds. The van der Waals surface area contributed by atoms with Crippen molar-refractivity contribution in [1.82, 2.24) is 104 Å². The number of aryl methyl sites for hydroxylation is 5. The summed E-state index contributed by atoms with van der Waals surface area (Å²) in [6.45, 7) is 8.49. The van der Waals surface area contributed by atoms with Crippen molar-refractivity contribution in [3.8, 4) is 67.8 Å². The molecule has 9 aromatic heterocycles. The number of amides is 6. The predicted octanol–water partition coefficient (Wildman–Crippen LogP) is 14.7. The van der Waals surface area contributed by atoms with Crippen molar-refractivity contribution in [2.45, 2.75) is 153 Å². The Kier molecular flexibility index (Phi) is 19.3. The van der Waals surface area contributed by atoms with E-state index in [2.05, 4.69) is 75.5 Å². The van der Waals surface area contributed by atoms with Gasteiger partial charge < -0.3 is 44.4 Å². The zero-order valence-corrected chi connectivity index (χ0v) is 63.2. The van der Waals surface area contributed by atoms with Gasteiger partial charge in [-0.15, -0.1) is 0 Å². The van der Waals surface area contributed by atoms with Crippen LogP contribution in [0.2, 0.25) is 0 Å². The average molecular weight is 1520 g/mol. The van der Waals surface area contributed by atoms with Crippen LogP contribution in [-0.2, 0) is 60.4 Å². The Balaban J connectivity index is 0.000000126. The smallest absolute Gasteiger partial charge is 0.317 e. The first-order valence-electron chi connectivity index (χ1n) is 37.8. The number of aromatic nitrogens is 15. The number of imidazole rings is 3. The number of carbonyl (C=O) groups excluding carboxylic acids is 3. The van der Waals surface area contributed by atoms with Crippen LogP contribution in [0.25, 0.3) is 100 Å². The van der Waals surface area contributed by atoms with Crippen LogP contribution < -0.4 is 16.0 Å². The zero-order chi connectivity index (χ0) is 77.5. The number of nitrogens with zero attached hydrogens (tertiary/aromatic N) is 18. The van der Waals surface area contributed by atoms with Crippen LogP contribution in [0.1, 0.15) is 128 Å². The quantitative estimate of drug-likeness (QED) is 0.114. The molecule has 3 fully saturated rings. The number of rotatable bonds is 9. The van der Waals surface area contributed by atoms with Crippen molar-refractivity contribution >= 4 is 50.4 Å². The van der Waals surface area contributed by atoms with E-state index in [0.29, 0.717) is 90.4 Å². The number of halogens is 6. The van der Waals surface area contributed by atoms with E-state index in [0.717, 1.165) is 140 Å². The minimum atomic E-state index is -2.63. The van der Waals surface area contributed by atoms with E-state index in [4.69, 9.17) is 19.9 Å². The molecule has 3 aromatic carbocycles. The van der Waals surface area contributed by atoms with Gasteiger partial charge in [0.2, 0.25) is 17.8 Å². The molecule has 18 rings (SSSR count). The summed E-state index contributed by atoms with van der Waals surface area (Å²) in [6.07, 6.45) is 12.1. The fourth-order valence-corrected chi connectivity index (χ4v) is 17.0. The Hall–Kier alpha value is -11.5. The number of urea groups is 3. The second-order valence-electron chi connectivity index (χ2n) is 30.2. The number of carbonyl (C=O) groups is 3. The van der Waals surface area contributed by atoms with Crippen molar-refractivity contribution in [3.05, 3.63) is 162 Å². The van der Waals surface area contributed by atoms with Crippen LogP contribution in [0, 0.1) is 13.8 Å². The highest BCUT2D eigenvalue weighted by molar-refractivity contribution is 6.00. The monoisotopic (exact) mass is 1520 g/mol. The largest absolute Gasteiger partial charge is 0.341 e. The maximum atomic E-state index is 14.0. The fourth-order valence-electron chi connectivity index (χ4n) is 17.0. The first-order chi connectivity index (χ1) is 53.3. The molecule has 12 heterocycles. The molecule has 0 saturated heterocycles. The lowest BCUT2D eigenvalue weighted by Gasteiger charge is -2.36. The van der Waals surface area contributed by atoms with Crippen molar-refractivity contribution < 1.29 is 40.7 Å². The molecule has 3 aliphatic heterocycles. The standard InChI is InChI=1S/C29H33F2N7O.C27H29F2N7O.C25H25F2N7O/c1-17-5-6-20-13-23(22-15-36(4)35-18(22)2)33-14-21(20)25(17)26-24-16-37(28(39)32-3)11-12-38(24)27(34-26)19-7-9-29(30,31)10-8-19;1-30-26(37)35-12-13-36-23(16-35)24(32-25(36)17-6-9-27(28,29)10-7-17)19-5-3-4-18-14-22(31-15-20(18)19)21-8-11-34(2)33-21;1-28-24(35)33-8-9-34-21(14-33)22(30-23(34)16-11-25(26,27)12-16)17-5-3-4-15-10-20(29-13-18(15)17)19-6-7-32(2)31-19/h5-6,13-15,19H,7-12,16H2,1-4H3,(H,32,39);3-5,8,11,14-15,17H,6-7,9-10,12-13,16H2,1-2H3,(H,30,37);3-7,10,13,16H,8-9,11-12,14H2,1-2H3,(H,28,35). The molecule has 12 aromatic rings. The number of hydrogen-bond acceptors (Lipinski definition) is 12. The van der Waals surface area contributed by atoms with Crippen LogP contribution in [-0.4, -0.2) is 164 Å². The summed E-state index contributed by atoms with van der Waals surface area (Å²) in [5, 5.41) is 27.3. The van der Waals surface area contributed by atoms with E-state index in [1.807, 2.05) is 130 Å². The van der Waals surface area contributed by atoms with E-state index in [9.17, 15) is 40.7 Å². The van der Waals surface area contributed by atoms with Crippen LogP contribution in [0.3, 0.4) is 0 Å². The lowest BCUT2D eigenvalue weighted by Crippen LogP contribution is -2.43. The summed E-state index contributed by atoms with van der Waals surface area (Å²) in [5.74, 6) is -5.77. The number of nitrogens with one attached hydrogen (secondary N) is 3. The summed E-state index contributed by atoms with van der Waals surface area (Å²) in [6, 6.07) is 25.7. The van der Waals surface area contributed by atoms with Crippen LogP contribution in [0.15, 0.2) is 116 Å².